The number of nitrogens with one attached hydrogen (secondary N) is 1. The molecule has 2 aromatic carbocycles. The van der Waals surface area contributed by atoms with Crippen molar-refractivity contribution in [2.24, 2.45) is 0 Å². The number of halogens is 6. The van der Waals surface area contributed by atoms with E-state index in [4.69, 9.17) is 17.0 Å². The van der Waals surface area contributed by atoms with Crippen LogP contribution in [0.4, 0.5) is 43.4 Å². The molecule has 0 amide bonds. The summed E-state index contributed by atoms with van der Waals surface area (Å²) in [6.07, 6.45) is -6.98. The number of thiocarbonyl (C=S) groups is 1. The highest BCUT2D eigenvalue weighted by Crippen LogP contribution is 2.38. The topological polar surface area (TPSA) is 70.9 Å². The van der Waals surface area contributed by atoms with Gasteiger partial charge in [0, 0.05) is 49.7 Å². The summed E-state index contributed by atoms with van der Waals surface area (Å²) in [5, 5.41) is 14.0. The van der Waals surface area contributed by atoms with Crippen LogP contribution in [0, 0.1) is 10.1 Å². The van der Waals surface area contributed by atoms with Crippen molar-refractivity contribution in [1.29, 1.82) is 0 Å². The molecule has 2 aliphatic rings. The van der Waals surface area contributed by atoms with Gasteiger partial charge in [-0.3, -0.25) is 10.1 Å². The normalized spacial score (nSPS) is 21.0. The highest BCUT2D eigenvalue weighted by atomic mass is 32.1. The SMILES string of the molecule is CC(OC1CCC(Nc2ccc([N+](=O)[O-])c(C(F)(F)F)c2)CC1)C(=S)N1CCN(c2ccc(C(F)(F)F)cc2)CC1. The van der Waals surface area contributed by atoms with Gasteiger partial charge in [0.05, 0.1) is 16.6 Å². The number of nitro groups is 1. The Bertz CT molecular complexity index is 1230. The Morgan fingerprint density at radius 2 is 1.59 bits per heavy atom. The Balaban J connectivity index is 1.23. The summed E-state index contributed by atoms with van der Waals surface area (Å²) < 4.78 is 84.6. The molecule has 0 aromatic heterocycles. The van der Waals surface area contributed by atoms with Crippen LogP contribution in [0.15, 0.2) is 42.5 Å². The first-order valence-electron chi connectivity index (χ1n) is 13.2. The minimum Gasteiger partial charge on any atom is -0.382 e. The summed E-state index contributed by atoms with van der Waals surface area (Å²) in [5.41, 5.74) is -2.05. The molecule has 0 spiro atoms. The van der Waals surface area contributed by atoms with Crippen LogP contribution in [0.1, 0.15) is 43.7 Å². The number of benzene rings is 2. The molecular weight excluding hydrogens is 574 g/mol. The molecule has 1 saturated heterocycles. The van der Waals surface area contributed by atoms with E-state index in [9.17, 15) is 36.5 Å². The van der Waals surface area contributed by atoms with Crippen LogP contribution in [-0.2, 0) is 17.1 Å². The van der Waals surface area contributed by atoms with Crippen LogP contribution in [0.2, 0.25) is 0 Å². The molecule has 7 nitrogen and oxygen atoms in total. The zero-order valence-electron chi connectivity index (χ0n) is 22.2. The highest BCUT2D eigenvalue weighted by molar-refractivity contribution is 7.80. The second-order valence-electron chi connectivity index (χ2n) is 10.2. The van der Waals surface area contributed by atoms with Crippen molar-refractivity contribution >= 4 is 34.3 Å². The lowest BCUT2D eigenvalue weighted by Crippen LogP contribution is -2.51. The Labute approximate surface area is 238 Å². The molecule has 1 aliphatic carbocycles. The van der Waals surface area contributed by atoms with Crippen LogP contribution in [-0.4, -0.2) is 59.2 Å². The highest BCUT2D eigenvalue weighted by Gasteiger charge is 2.39. The Morgan fingerprint density at radius 1 is 0.976 bits per heavy atom. The third-order valence-corrected chi connectivity index (χ3v) is 8.03. The fourth-order valence-electron chi connectivity index (χ4n) is 5.24. The van der Waals surface area contributed by atoms with Crippen molar-refractivity contribution in [3.63, 3.8) is 0 Å². The number of piperazine rings is 1. The van der Waals surface area contributed by atoms with Crippen LogP contribution >= 0.6 is 12.2 Å². The van der Waals surface area contributed by atoms with Crippen LogP contribution in [0.3, 0.4) is 0 Å². The average Bonchev–Trinajstić information content (AvgIpc) is 2.93. The lowest BCUT2D eigenvalue weighted by Gasteiger charge is -2.39. The van der Waals surface area contributed by atoms with Crippen molar-refractivity contribution in [3.05, 3.63) is 63.7 Å². The molecule has 41 heavy (non-hydrogen) atoms. The number of rotatable bonds is 7. The first kappa shape index (κ1) is 30.8. The fraction of sp³-hybridized carbons (Fsp3) is 0.519. The number of nitrogens with zero attached hydrogens (tertiary/aromatic N) is 3. The lowest BCUT2D eigenvalue weighted by atomic mass is 9.92. The molecule has 1 heterocycles. The first-order valence-corrected chi connectivity index (χ1v) is 13.6. The van der Waals surface area contributed by atoms with Gasteiger partial charge < -0.3 is 19.9 Å². The van der Waals surface area contributed by atoms with E-state index in [2.05, 4.69) is 5.32 Å². The zero-order valence-corrected chi connectivity index (χ0v) is 23.0. The fourth-order valence-corrected chi connectivity index (χ4v) is 5.48. The number of alkyl halides is 6. The van der Waals surface area contributed by atoms with Gasteiger partial charge in [-0.05, 0) is 69.0 Å². The molecule has 0 radical (unpaired) electrons. The summed E-state index contributed by atoms with van der Waals surface area (Å²) in [7, 11) is 0. The van der Waals surface area contributed by atoms with E-state index in [1.807, 2.05) is 16.7 Å². The van der Waals surface area contributed by atoms with Gasteiger partial charge in [-0.15, -0.1) is 0 Å². The minimum absolute atomic E-state index is 0.0722. The summed E-state index contributed by atoms with van der Waals surface area (Å²) >= 11 is 5.66. The van der Waals surface area contributed by atoms with Crippen LogP contribution in [0.5, 0.6) is 0 Å². The monoisotopic (exact) mass is 604 g/mol. The third kappa shape index (κ3) is 7.79. The standard InChI is InChI=1S/C27H30F6N4O3S/c1-17(25(41)36-14-12-35(13-15-36)21-7-2-18(3-8-21)26(28,29)30)40-22-9-4-19(5-10-22)34-20-6-11-24(37(38)39)23(16-20)27(31,32)33/h2-3,6-8,11,16-17,19,22,34H,4-5,9-10,12-15H2,1H3. The maximum absolute atomic E-state index is 13.3. The van der Waals surface area contributed by atoms with Gasteiger partial charge in [-0.2, -0.15) is 26.3 Å². The second kappa shape index (κ2) is 12.4. The van der Waals surface area contributed by atoms with E-state index in [1.54, 1.807) is 0 Å². The smallest absolute Gasteiger partial charge is 0.382 e. The molecule has 1 saturated carbocycles. The van der Waals surface area contributed by atoms with E-state index in [0.717, 1.165) is 30.0 Å². The van der Waals surface area contributed by atoms with Gasteiger partial charge in [0.25, 0.3) is 5.69 Å². The molecule has 224 valence electrons. The summed E-state index contributed by atoms with van der Waals surface area (Å²) in [4.78, 5) is 14.7. The van der Waals surface area contributed by atoms with Gasteiger partial charge in [0.1, 0.15) is 16.7 Å². The maximum Gasteiger partial charge on any atom is 0.423 e. The van der Waals surface area contributed by atoms with E-state index in [1.165, 1.54) is 18.2 Å². The average molecular weight is 605 g/mol. The Hall–Kier alpha value is -3.13. The van der Waals surface area contributed by atoms with Gasteiger partial charge >= 0.3 is 12.4 Å². The van der Waals surface area contributed by atoms with Crippen molar-refractivity contribution < 1.29 is 36.0 Å². The maximum atomic E-state index is 13.3. The first-order chi connectivity index (χ1) is 19.2. The van der Waals surface area contributed by atoms with Crippen molar-refractivity contribution in [1.82, 2.24) is 4.90 Å². The van der Waals surface area contributed by atoms with Crippen molar-refractivity contribution in [2.45, 2.75) is 63.2 Å². The van der Waals surface area contributed by atoms with Crippen LogP contribution in [0.25, 0.3) is 0 Å². The molecule has 2 fully saturated rings. The summed E-state index contributed by atoms with van der Waals surface area (Å²) in [5.74, 6) is 0. The second-order valence-corrected chi connectivity index (χ2v) is 10.7. The number of hydrogen-bond donors (Lipinski definition) is 1. The number of anilines is 2. The largest absolute Gasteiger partial charge is 0.423 e. The van der Waals surface area contributed by atoms with E-state index in [0.29, 0.717) is 56.9 Å². The molecule has 1 aliphatic heterocycles. The summed E-state index contributed by atoms with van der Waals surface area (Å²) in [6, 6.07) is 7.95. The molecule has 0 bridgehead atoms. The predicted octanol–water partition coefficient (Wildman–Crippen LogP) is 6.91. The Kier molecular flexibility index (Phi) is 9.32. The Morgan fingerprint density at radius 3 is 2.12 bits per heavy atom. The van der Waals surface area contributed by atoms with Crippen molar-refractivity contribution in [3.8, 4) is 0 Å². The quantitative estimate of drug-likeness (QED) is 0.159. The number of ether oxygens (including phenoxy) is 1. The lowest BCUT2D eigenvalue weighted by molar-refractivity contribution is -0.388. The predicted molar refractivity (Wildman–Crippen MR) is 146 cm³/mol. The van der Waals surface area contributed by atoms with Gasteiger partial charge in [-0.25, -0.2) is 0 Å². The molecule has 1 N–H and O–H groups in total. The third-order valence-electron chi connectivity index (χ3n) is 7.44. The van der Waals surface area contributed by atoms with Gasteiger partial charge in [-0.1, -0.05) is 12.2 Å². The molecule has 14 heteroatoms. The van der Waals surface area contributed by atoms with Gasteiger partial charge in [0.15, 0.2) is 0 Å². The van der Waals surface area contributed by atoms with E-state index >= 15 is 0 Å². The molecule has 1 unspecified atom stereocenters. The summed E-state index contributed by atoms with van der Waals surface area (Å²) in [6.45, 7) is 4.31. The molecular formula is C27H30F6N4O3S. The zero-order chi connectivity index (χ0) is 29.9. The molecule has 2 aromatic rings. The molecule has 1 atom stereocenters. The molecule has 4 rings (SSSR count). The number of nitro benzene ring substituents is 1. The minimum atomic E-state index is -4.84. The number of hydrogen-bond acceptors (Lipinski definition) is 6. The van der Waals surface area contributed by atoms with Gasteiger partial charge in [0.2, 0.25) is 0 Å². The van der Waals surface area contributed by atoms with E-state index < -0.39 is 34.1 Å². The van der Waals surface area contributed by atoms with Crippen molar-refractivity contribution in [2.75, 3.05) is 36.4 Å². The van der Waals surface area contributed by atoms with Crippen LogP contribution < -0.4 is 10.2 Å². The van der Waals surface area contributed by atoms with E-state index in [-0.39, 0.29) is 23.9 Å².